The standard InChI is InChI=1S/C21H22N4S/c1-2-4-14(5-3-1)6-7-18-24-25-19(22-23-20(25)26-18)21-11-15-8-16(12-21)10-17(9-15)13-21/h1-7,15-17H,8-13H2/b7-6+. The van der Waals surface area contributed by atoms with Crippen LogP contribution in [0, 0.1) is 17.8 Å². The van der Waals surface area contributed by atoms with Gasteiger partial charge in [0.05, 0.1) is 0 Å². The van der Waals surface area contributed by atoms with Crippen molar-refractivity contribution in [3.8, 4) is 0 Å². The van der Waals surface area contributed by atoms with Crippen LogP contribution in [0.5, 0.6) is 0 Å². The Morgan fingerprint density at radius 1 is 0.923 bits per heavy atom. The zero-order chi connectivity index (χ0) is 17.1. The van der Waals surface area contributed by atoms with Crippen LogP contribution in [-0.2, 0) is 5.41 Å². The van der Waals surface area contributed by atoms with Crippen LogP contribution in [0.3, 0.4) is 0 Å². The fraction of sp³-hybridized carbons (Fsp3) is 0.476. The van der Waals surface area contributed by atoms with Gasteiger partial charge < -0.3 is 0 Å². The summed E-state index contributed by atoms with van der Waals surface area (Å²) in [7, 11) is 0. The molecule has 7 rings (SSSR count). The van der Waals surface area contributed by atoms with Crippen molar-refractivity contribution in [1.82, 2.24) is 19.8 Å². The van der Waals surface area contributed by atoms with Crippen molar-refractivity contribution < 1.29 is 0 Å². The third-order valence-electron chi connectivity index (χ3n) is 6.74. The van der Waals surface area contributed by atoms with Crippen LogP contribution in [0.4, 0.5) is 0 Å². The second-order valence-electron chi connectivity index (χ2n) is 8.60. The van der Waals surface area contributed by atoms with Crippen LogP contribution in [0.15, 0.2) is 30.3 Å². The minimum absolute atomic E-state index is 0.239. The second-order valence-corrected chi connectivity index (χ2v) is 9.59. The van der Waals surface area contributed by atoms with Crippen LogP contribution in [0.2, 0.25) is 0 Å². The van der Waals surface area contributed by atoms with Crippen molar-refractivity contribution in [2.75, 3.05) is 0 Å². The Labute approximate surface area is 157 Å². The number of benzene rings is 1. The van der Waals surface area contributed by atoms with Gasteiger partial charge in [0.25, 0.3) is 0 Å². The molecule has 0 saturated heterocycles. The Balaban J connectivity index is 1.37. The molecule has 0 spiro atoms. The van der Waals surface area contributed by atoms with E-state index in [0.717, 1.165) is 33.5 Å². The monoisotopic (exact) mass is 362 g/mol. The van der Waals surface area contributed by atoms with E-state index in [2.05, 4.69) is 51.1 Å². The maximum absolute atomic E-state index is 4.87. The third kappa shape index (κ3) is 2.29. The maximum atomic E-state index is 4.87. The van der Waals surface area contributed by atoms with Crippen molar-refractivity contribution in [3.63, 3.8) is 0 Å². The summed E-state index contributed by atoms with van der Waals surface area (Å²) in [5.41, 5.74) is 1.43. The van der Waals surface area contributed by atoms with Crippen LogP contribution in [0.1, 0.15) is 54.9 Å². The van der Waals surface area contributed by atoms with Crippen molar-refractivity contribution >= 4 is 28.4 Å². The molecule has 0 radical (unpaired) electrons. The number of nitrogens with zero attached hydrogens (tertiary/aromatic N) is 4. The minimum Gasteiger partial charge on any atom is -0.186 e. The molecule has 0 unspecified atom stereocenters. The molecule has 4 aliphatic rings. The number of hydrogen-bond donors (Lipinski definition) is 0. The van der Waals surface area contributed by atoms with Crippen LogP contribution >= 0.6 is 11.3 Å². The molecule has 4 nitrogen and oxygen atoms in total. The Hall–Kier alpha value is -2.01. The van der Waals surface area contributed by atoms with E-state index in [4.69, 9.17) is 5.10 Å². The normalized spacial score (nSPS) is 32.8. The molecule has 4 saturated carbocycles. The van der Waals surface area contributed by atoms with Crippen molar-refractivity contribution in [2.24, 2.45) is 17.8 Å². The molecule has 4 bridgehead atoms. The Morgan fingerprint density at radius 3 is 2.31 bits per heavy atom. The highest BCUT2D eigenvalue weighted by Gasteiger charge is 2.54. The highest BCUT2D eigenvalue weighted by atomic mass is 32.1. The fourth-order valence-electron chi connectivity index (χ4n) is 6.15. The molecule has 26 heavy (non-hydrogen) atoms. The largest absolute Gasteiger partial charge is 0.234 e. The van der Waals surface area contributed by atoms with Gasteiger partial charge in [-0.15, -0.1) is 10.2 Å². The lowest BCUT2D eigenvalue weighted by molar-refractivity contribution is -0.0103. The fourth-order valence-corrected chi connectivity index (χ4v) is 6.89. The van der Waals surface area contributed by atoms with Gasteiger partial charge in [-0.05, 0) is 67.9 Å². The van der Waals surface area contributed by atoms with E-state index in [-0.39, 0.29) is 5.41 Å². The first kappa shape index (κ1) is 15.1. The summed E-state index contributed by atoms with van der Waals surface area (Å²) in [6.45, 7) is 0. The molecule has 2 aromatic heterocycles. The van der Waals surface area contributed by atoms with E-state index in [1.807, 2.05) is 6.07 Å². The van der Waals surface area contributed by atoms with Crippen LogP contribution in [0.25, 0.3) is 17.1 Å². The van der Waals surface area contributed by atoms with Gasteiger partial charge in [-0.1, -0.05) is 47.7 Å². The molecule has 5 heteroatoms. The number of fused-ring (bicyclic) bond motifs is 1. The predicted octanol–water partition coefficient (Wildman–Crippen LogP) is 4.82. The zero-order valence-corrected chi connectivity index (χ0v) is 15.5. The summed E-state index contributed by atoms with van der Waals surface area (Å²) in [5, 5.41) is 15.0. The second kappa shape index (κ2) is 5.49. The van der Waals surface area contributed by atoms with E-state index >= 15 is 0 Å². The number of rotatable bonds is 3. The first-order valence-corrected chi connectivity index (χ1v) is 10.5. The molecule has 3 aromatic rings. The minimum atomic E-state index is 0.239. The first-order valence-electron chi connectivity index (χ1n) is 9.73. The molecular formula is C21H22N4S. The Bertz CT molecular complexity index is 949. The molecule has 2 heterocycles. The summed E-state index contributed by atoms with van der Waals surface area (Å²) >= 11 is 1.63. The van der Waals surface area contributed by atoms with Gasteiger partial charge in [-0.2, -0.15) is 9.61 Å². The van der Waals surface area contributed by atoms with Crippen LogP contribution < -0.4 is 0 Å². The topological polar surface area (TPSA) is 43.1 Å². The van der Waals surface area contributed by atoms with E-state index in [1.165, 1.54) is 44.1 Å². The summed E-state index contributed by atoms with van der Waals surface area (Å²) in [6.07, 6.45) is 12.5. The summed E-state index contributed by atoms with van der Waals surface area (Å²) < 4.78 is 2.06. The summed E-state index contributed by atoms with van der Waals surface area (Å²) in [5.74, 6) is 3.86. The molecular weight excluding hydrogens is 340 g/mol. The number of aromatic nitrogens is 4. The molecule has 0 aliphatic heterocycles. The highest BCUT2D eigenvalue weighted by molar-refractivity contribution is 7.17. The average molecular weight is 363 g/mol. The van der Waals surface area contributed by atoms with Gasteiger partial charge in [0.1, 0.15) is 5.01 Å². The number of hydrogen-bond acceptors (Lipinski definition) is 4. The van der Waals surface area contributed by atoms with Gasteiger partial charge in [-0.25, -0.2) is 0 Å². The lowest BCUT2D eigenvalue weighted by Gasteiger charge is -2.55. The molecule has 4 fully saturated rings. The van der Waals surface area contributed by atoms with Crippen molar-refractivity contribution in [3.05, 3.63) is 46.7 Å². The molecule has 0 amide bonds. The van der Waals surface area contributed by atoms with E-state index < -0.39 is 0 Å². The first-order chi connectivity index (χ1) is 12.8. The van der Waals surface area contributed by atoms with E-state index in [9.17, 15) is 0 Å². The summed E-state index contributed by atoms with van der Waals surface area (Å²) in [6, 6.07) is 10.4. The lowest BCUT2D eigenvalue weighted by Crippen LogP contribution is -2.49. The third-order valence-corrected chi connectivity index (χ3v) is 7.60. The zero-order valence-electron chi connectivity index (χ0n) is 14.7. The van der Waals surface area contributed by atoms with Gasteiger partial charge in [-0.3, -0.25) is 0 Å². The van der Waals surface area contributed by atoms with Gasteiger partial charge in [0.2, 0.25) is 4.96 Å². The molecule has 0 atom stereocenters. The molecule has 132 valence electrons. The van der Waals surface area contributed by atoms with Gasteiger partial charge in [0, 0.05) is 5.41 Å². The lowest BCUT2D eigenvalue weighted by atomic mass is 9.49. The van der Waals surface area contributed by atoms with E-state index in [1.54, 1.807) is 11.3 Å². The Kier molecular flexibility index (Phi) is 3.19. The van der Waals surface area contributed by atoms with Crippen LogP contribution in [-0.4, -0.2) is 19.8 Å². The van der Waals surface area contributed by atoms with Crippen molar-refractivity contribution in [1.29, 1.82) is 0 Å². The average Bonchev–Trinajstić information content (AvgIpc) is 3.20. The SMILES string of the molecule is C(=C\c1nn2c(C34CC5CC(CC(C5)C3)C4)nnc2s1)/c1ccccc1. The molecule has 0 N–H and O–H groups in total. The molecule has 1 aromatic carbocycles. The highest BCUT2D eigenvalue weighted by Crippen LogP contribution is 2.60. The quantitative estimate of drug-likeness (QED) is 0.670. The Morgan fingerprint density at radius 2 is 1.62 bits per heavy atom. The van der Waals surface area contributed by atoms with E-state index in [0.29, 0.717) is 0 Å². The molecule has 4 aliphatic carbocycles. The maximum Gasteiger partial charge on any atom is 0.234 e. The van der Waals surface area contributed by atoms with Gasteiger partial charge in [0.15, 0.2) is 5.82 Å². The predicted molar refractivity (Wildman–Crippen MR) is 104 cm³/mol. The van der Waals surface area contributed by atoms with Crippen molar-refractivity contribution in [2.45, 2.75) is 43.9 Å². The van der Waals surface area contributed by atoms with Gasteiger partial charge >= 0.3 is 0 Å². The summed E-state index contributed by atoms with van der Waals surface area (Å²) in [4.78, 5) is 0.934. The smallest absolute Gasteiger partial charge is 0.186 e.